The Morgan fingerprint density at radius 3 is 1.91 bits per heavy atom. The van der Waals surface area contributed by atoms with Crippen LogP contribution >= 0.6 is 0 Å². The molecular formula is C38H56O9. The van der Waals surface area contributed by atoms with Crippen LogP contribution in [0.3, 0.4) is 0 Å². The number of carbonyl (C=O) groups excluding carboxylic acids is 4. The van der Waals surface area contributed by atoms with E-state index in [1.54, 1.807) is 0 Å². The van der Waals surface area contributed by atoms with Crippen molar-refractivity contribution in [2.45, 2.75) is 138 Å². The van der Waals surface area contributed by atoms with E-state index in [2.05, 4.69) is 53.7 Å². The van der Waals surface area contributed by atoms with Crippen LogP contribution in [0, 0.1) is 50.2 Å². The zero-order chi connectivity index (χ0) is 34.6. The van der Waals surface area contributed by atoms with Crippen molar-refractivity contribution in [1.82, 2.24) is 0 Å². The van der Waals surface area contributed by atoms with Crippen molar-refractivity contribution >= 4 is 23.9 Å². The highest BCUT2D eigenvalue weighted by Crippen LogP contribution is 2.79. The van der Waals surface area contributed by atoms with Crippen LogP contribution in [0.1, 0.15) is 114 Å². The molecule has 6 rings (SSSR count). The maximum absolute atomic E-state index is 12.8. The van der Waals surface area contributed by atoms with E-state index in [0.29, 0.717) is 25.9 Å². The summed E-state index contributed by atoms with van der Waals surface area (Å²) in [6.45, 7) is 20.2. The van der Waals surface area contributed by atoms with E-state index in [1.807, 2.05) is 0 Å². The first-order valence-electron chi connectivity index (χ1n) is 17.7. The number of hydrogen-bond donors (Lipinski definition) is 0. The van der Waals surface area contributed by atoms with E-state index >= 15 is 0 Å². The Hall–Kier alpha value is -2.42. The third-order valence-electron chi connectivity index (χ3n) is 14.8. The predicted octanol–water partition coefficient (Wildman–Crippen LogP) is 6.35. The highest BCUT2D eigenvalue weighted by molar-refractivity contribution is 5.68. The fraction of sp³-hybridized carbons (Fsp3) is 0.842. The van der Waals surface area contributed by atoms with E-state index < -0.39 is 34.1 Å². The first kappa shape index (κ1) is 34.4. The summed E-state index contributed by atoms with van der Waals surface area (Å²) in [4.78, 5) is 49.7. The average Bonchev–Trinajstić information content (AvgIpc) is 3.20. The summed E-state index contributed by atoms with van der Waals surface area (Å²) >= 11 is 0. The maximum atomic E-state index is 12.8. The number of rotatable bonds is 5. The second-order valence-electron chi connectivity index (χ2n) is 17.8. The van der Waals surface area contributed by atoms with Crippen LogP contribution in [-0.4, -0.2) is 61.0 Å². The summed E-state index contributed by atoms with van der Waals surface area (Å²) < 4.78 is 31.3. The summed E-state index contributed by atoms with van der Waals surface area (Å²) in [5.41, 5.74) is -2.75. The molecule has 47 heavy (non-hydrogen) atoms. The Morgan fingerprint density at radius 2 is 1.32 bits per heavy atom. The lowest BCUT2D eigenvalue weighted by molar-refractivity contribution is -0.272. The first-order valence-corrected chi connectivity index (χ1v) is 17.7. The van der Waals surface area contributed by atoms with Crippen LogP contribution < -0.4 is 0 Å². The van der Waals surface area contributed by atoms with Crippen molar-refractivity contribution in [3.63, 3.8) is 0 Å². The zero-order valence-corrected chi connectivity index (χ0v) is 30.2. The fourth-order valence-corrected chi connectivity index (χ4v) is 12.8. The second-order valence-corrected chi connectivity index (χ2v) is 17.8. The fourth-order valence-electron chi connectivity index (χ4n) is 12.8. The molecule has 1 saturated heterocycles. The molecule has 0 aromatic carbocycles. The Bertz CT molecular complexity index is 1390. The number of hydrogen-bond acceptors (Lipinski definition) is 9. The molecule has 9 heteroatoms. The van der Waals surface area contributed by atoms with Crippen LogP contribution in [0.5, 0.6) is 0 Å². The monoisotopic (exact) mass is 656 g/mol. The lowest BCUT2D eigenvalue weighted by atomic mass is 9.31. The number of allylic oxidation sites excluding steroid dienone is 1. The quantitative estimate of drug-likeness (QED) is 0.190. The summed E-state index contributed by atoms with van der Waals surface area (Å²) in [5.74, 6) is -1.04. The van der Waals surface area contributed by atoms with Gasteiger partial charge in [0.15, 0.2) is 0 Å². The molecule has 0 N–H and O–H groups in total. The molecule has 262 valence electrons. The van der Waals surface area contributed by atoms with Crippen LogP contribution in [-0.2, 0) is 42.9 Å². The molecule has 0 aromatic rings. The molecule has 0 unspecified atom stereocenters. The minimum atomic E-state index is -0.633. The molecule has 6 aliphatic rings. The van der Waals surface area contributed by atoms with Crippen LogP contribution in [0.25, 0.3) is 0 Å². The standard InChI is InChI=1S/C38H56O9/c1-22(39)43-20-34(8)26-11-15-35(9)27(33(26,7)14-13-29(34)45-23(2)40)12-16-38-28-17-32(5,6)18-30(46-24(3)41)37(28,21-44-38)31(47-25(4)42)19-36(35,38)10/h12,16,26-31H,11,13-15,17-21H2,1-10H3/t26-,27-,28-,29+,30+,31-,33+,34+,35-,36+,37-,38+/m1/s1. The maximum Gasteiger partial charge on any atom is 0.302 e. The smallest absolute Gasteiger partial charge is 0.302 e. The third-order valence-corrected chi connectivity index (χ3v) is 14.8. The average molecular weight is 657 g/mol. The molecule has 4 saturated carbocycles. The van der Waals surface area contributed by atoms with Crippen molar-refractivity contribution in [2.24, 2.45) is 50.2 Å². The SMILES string of the molecule is CC(=O)OC[C@@]1(C)[C@@H]2CC[C@]3(C)[C@H](C=C[C@]45OC[C@@]6([C@@H](OC(C)=O)CC(C)(C)C[C@H]64)[C@H](OC(C)=O)C[C@]53C)[C@@]2(C)CC[C@@H]1OC(C)=O. The third kappa shape index (κ3) is 4.63. The first-order chi connectivity index (χ1) is 21.7. The van der Waals surface area contributed by atoms with Gasteiger partial charge in [0.25, 0.3) is 0 Å². The molecule has 1 spiro atoms. The molecule has 1 heterocycles. The minimum Gasteiger partial charge on any atom is -0.465 e. The lowest BCUT2D eigenvalue weighted by Crippen LogP contribution is -2.74. The minimum absolute atomic E-state index is 0.0142. The Labute approximate surface area is 280 Å². The largest absolute Gasteiger partial charge is 0.465 e. The van der Waals surface area contributed by atoms with Gasteiger partial charge in [-0.1, -0.05) is 53.7 Å². The van der Waals surface area contributed by atoms with Gasteiger partial charge in [0, 0.05) is 44.4 Å². The van der Waals surface area contributed by atoms with E-state index in [1.165, 1.54) is 27.7 Å². The van der Waals surface area contributed by atoms with Gasteiger partial charge < -0.3 is 23.7 Å². The van der Waals surface area contributed by atoms with Gasteiger partial charge in [-0.05, 0) is 73.0 Å². The highest BCUT2D eigenvalue weighted by Gasteiger charge is 2.81. The molecule has 0 radical (unpaired) electrons. The molecule has 9 nitrogen and oxygen atoms in total. The number of carbonyl (C=O) groups is 4. The van der Waals surface area contributed by atoms with Crippen molar-refractivity contribution in [3.8, 4) is 0 Å². The molecule has 0 aromatic heterocycles. The molecule has 5 aliphatic carbocycles. The van der Waals surface area contributed by atoms with E-state index in [-0.39, 0.29) is 70.6 Å². The summed E-state index contributed by atoms with van der Waals surface area (Å²) in [6, 6.07) is 0. The normalized spacial score (nSPS) is 48.9. The molecule has 0 amide bonds. The number of ether oxygens (including phenoxy) is 5. The van der Waals surface area contributed by atoms with Gasteiger partial charge in [0.05, 0.1) is 17.6 Å². The van der Waals surface area contributed by atoms with Crippen molar-refractivity contribution in [2.75, 3.05) is 13.2 Å². The van der Waals surface area contributed by atoms with Crippen molar-refractivity contribution in [3.05, 3.63) is 12.2 Å². The molecule has 12 atom stereocenters. The summed E-state index contributed by atoms with van der Waals surface area (Å²) in [7, 11) is 0. The molecule has 1 aliphatic heterocycles. The zero-order valence-electron chi connectivity index (χ0n) is 30.2. The molecular weight excluding hydrogens is 600 g/mol. The van der Waals surface area contributed by atoms with Gasteiger partial charge in [-0.3, -0.25) is 19.2 Å². The van der Waals surface area contributed by atoms with Gasteiger partial charge in [0.1, 0.15) is 24.9 Å². The Balaban J connectivity index is 1.48. The van der Waals surface area contributed by atoms with E-state index in [9.17, 15) is 19.2 Å². The van der Waals surface area contributed by atoms with E-state index in [0.717, 1.165) is 25.7 Å². The highest BCUT2D eigenvalue weighted by atomic mass is 16.6. The van der Waals surface area contributed by atoms with Crippen molar-refractivity contribution in [1.29, 1.82) is 0 Å². The van der Waals surface area contributed by atoms with Gasteiger partial charge in [-0.15, -0.1) is 0 Å². The van der Waals surface area contributed by atoms with E-state index in [4.69, 9.17) is 23.7 Å². The topological polar surface area (TPSA) is 114 Å². The lowest BCUT2D eigenvalue weighted by Gasteiger charge is -2.73. The number of esters is 4. The predicted molar refractivity (Wildman–Crippen MR) is 173 cm³/mol. The Morgan fingerprint density at radius 1 is 0.723 bits per heavy atom. The van der Waals surface area contributed by atoms with Gasteiger partial charge in [-0.2, -0.15) is 0 Å². The van der Waals surface area contributed by atoms with Crippen LogP contribution in [0.15, 0.2) is 12.2 Å². The van der Waals surface area contributed by atoms with Gasteiger partial charge in [-0.25, -0.2) is 0 Å². The second kappa shape index (κ2) is 10.8. The van der Waals surface area contributed by atoms with Gasteiger partial charge >= 0.3 is 23.9 Å². The van der Waals surface area contributed by atoms with Gasteiger partial charge in [0.2, 0.25) is 0 Å². The molecule has 5 fully saturated rings. The number of fused-ring (bicyclic) bond motifs is 4. The Kier molecular flexibility index (Phi) is 7.91. The molecule has 2 bridgehead atoms. The van der Waals surface area contributed by atoms with Crippen LogP contribution in [0.4, 0.5) is 0 Å². The summed E-state index contributed by atoms with van der Waals surface area (Å²) in [6.07, 6.45) is 9.02. The van der Waals surface area contributed by atoms with Crippen LogP contribution in [0.2, 0.25) is 0 Å². The summed E-state index contributed by atoms with van der Waals surface area (Å²) in [5, 5.41) is 0. The van der Waals surface area contributed by atoms with Crippen molar-refractivity contribution < 1.29 is 42.9 Å².